The largest absolute Gasteiger partial charge is 0.328 e. The third-order valence-electron chi connectivity index (χ3n) is 2.59. The van der Waals surface area contributed by atoms with Gasteiger partial charge in [-0.05, 0) is 25.8 Å². The summed E-state index contributed by atoms with van der Waals surface area (Å²) >= 11 is 0. The summed E-state index contributed by atoms with van der Waals surface area (Å²) in [6.07, 6.45) is 1.84. The zero-order valence-electron chi connectivity index (χ0n) is 7.66. The molecule has 2 N–H and O–H groups in total. The number of hydrogen-bond donors (Lipinski definition) is 1. The maximum absolute atomic E-state index is 8.40. The molecule has 0 amide bonds. The fraction of sp³-hybridized carbons (Fsp3) is 0.889. The molecule has 0 bridgehead atoms. The molecule has 1 saturated heterocycles. The lowest BCUT2D eigenvalue weighted by atomic mass is 10.0. The van der Waals surface area contributed by atoms with Crippen molar-refractivity contribution in [2.45, 2.75) is 25.8 Å². The zero-order valence-corrected chi connectivity index (χ0v) is 7.66. The van der Waals surface area contributed by atoms with Gasteiger partial charge in [0.2, 0.25) is 0 Å². The Morgan fingerprint density at radius 2 is 2.50 bits per heavy atom. The van der Waals surface area contributed by atoms with Gasteiger partial charge in [0.1, 0.15) is 0 Å². The van der Waals surface area contributed by atoms with Crippen LogP contribution in [0.1, 0.15) is 19.8 Å². The van der Waals surface area contributed by atoms with E-state index in [9.17, 15) is 0 Å². The maximum Gasteiger partial charge on any atom is 0.0635 e. The molecule has 0 aromatic heterocycles. The molecule has 0 radical (unpaired) electrons. The van der Waals surface area contributed by atoms with Crippen molar-refractivity contribution in [3.05, 3.63) is 0 Å². The average molecular weight is 167 g/mol. The van der Waals surface area contributed by atoms with Gasteiger partial charge < -0.3 is 10.6 Å². The lowest BCUT2D eigenvalue weighted by Crippen LogP contribution is -2.30. The smallest absolute Gasteiger partial charge is 0.0635 e. The molecule has 1 fully saturated rings. The van der Waals surface area contributed by atoms with E-state index in [1.807, 2.05) is 0 Å². The van der Waals surface area contributed by atoms with Crippen LogP contribution in [0.25, 0.3) is 0 Å². The second-order valence-electron chi connectivity index (χ2n) is 3.62. The number of hydrogen-bond acceptors (Lipinski definition) is 3. The summed E-state index contributed by atoms with van der Waals surface area (Å²) in [5.41, 5.74) is 5.80. The van der Waals surface area contributed by atoms with Gasteiger partial charge in [-0.15, -0.1) is 0 Å². The highest BCUT2D eigenvalue weighted by atomic mass is 15.1. The van der Waals surface area contributed by atoms with Crippen LogP contribution in [0.4, 0.5) is 0 Å². The Bertz CT molecular complexity index is 171. The molecule has 1 aliphatic heterocycles. The van der Waals surface area contributed by atoms with Crippen LogP contribution < -0.4 is 5.73 Å². The Morgan fingerprint density at radius 1 is 1.75 bits per heavy atom. The van der Waals surface area contributed by atoms with Crippen molar-refractivity contribution >= 4 is 0 Å². The second-order valence-corrected chi connectivity index (χ2v) is 3.62. The van der Waals surface area contributed by atoms with Crippen LogP contribution in [0, 0.1) is 17.2 Å². The van der Waals surface area contributed by atoms with Gasteiger partial charge in [0.05, 0.1) is 6.07 Å². The highest BCUT2D eigenvalue weighted by molar-refractivity contribution is 4.82. The van der Waals surface area contributed by atoms with Gasteiger partial charge in [0, 0.05) is 25.6 Å². The number of likely N-dealkylation sites (tertiary alicyclic amines) is 1. The number of nitrogens with zero attached hydrogens (tertiary/aromatic N) is 2. The molecule has 1 aliphatic rings. The van der Waals surface area contributed by atoms with E-state index >= 15 is 0 Å². The molecule has 0 spiro atoms. The molecule has 0 aliphatic carbocycles. The minimum atomic E-state index is 0.303. The molecule has 12 heavy (non-hydrogen) atoms. The highest BCUT2D eigenvalue weighted by Crippen LogP contribution is 2.18. The first kappa shape index (κ1) is 9.50. The van der Waals surface area contributed by atoms with Crippen molar-refractivity contribution in [2.24, 2.45) is 11.7 Å². The van der Waals surface area contributed by atoms with Crippen molar-refractivity contribution in [1.82, 2.24) is 4.90 Å². The van der Waals surface area contributed by atoms with E-state index < -0.39 is 0 Å². The van der Waals surface area contributed by atoms with Crippen LogP contribution in [0.5, 0.6) is 0 Å². The molecule has 2 unspecified atom stereocenters. The third kappa shape index (κ3) is 2.47. The minimum absolute atomic E-state index is 0.303. The van der Waals surface area contributed by atoms with Gasteiger partial charge in [0.15, 0.2) is 0 Å². The van der Waals surface area contributed by atoms with Crippen LogP contribution in [-0.2, 0) is 0 Å². The molecule has 0 aromatic carbocycles. The van der Waals surface area contributed by atoms with Crippen LogP contribution in [-0.4, -0.2) is 30.6 Å². The summed E-state index contributed by atoms with van der Waals surface area (Å²) in [5, 5.41) is 8.40. The van der Waals surface area contributed by atoms with Crippen molar-refractivity contribution in [3.8, 4) is 6.07 Å². The fourth-order valence-electron chi connectivity index (χ4n) is 1.70. The van der Waals surface area contributed by atoms with E-state index in [4.69, 9.17) is 11.0 Å². The predicted octanol–water partition coefficient (Wildman–Crippen LogP) is 0.569. The lowest BCUT2D eigenvalue weighted by molar-refractivity contribution is 0.323. The standard InChI is InChI=1S/C9H17N3/c1-8(11)9-3-6-12(7-9)5-2-4-10/h8-9H,2-3,5-7,11H2,1H3. The summed E-state index contributed by atoms with van der Waals surface area (Å²) in [6, 6.07) is 2.47. The van der Waals surface area contributed by atoms with Crippen LogP contribution in [0.15, 0.2) is 0 Å². The van der Waals surface area contributed by atoms with Crippen molar-refractivity contribution in [2.75, 3.05) is 19.6 Å². The van der Waals surface area contributed by atoms with Crippen molar-refractivity contribution < 1.29 is 0 Å². The molecule has 2 atom stereocenters. The molecule has 1 rings (SSSR count). The lowest BCUT2D eigenvalue weighted by Gasteiger charge is -2.16. The van der Waals surface area contributed by atoms with Gasteiger partial charge >= 0.3 is 0 Å². The molecule has 68 valence electrons. The molecular weight excluding hydrogens is 150 g/mol. The van der Waals surface area contributed by atoms with E-state index in [-0.39, 0.29) is 0 Å². The third-order valence-corrected chi connectivity index (χ3v) is 2.59. The Labute approximate surface area is 74.1 Å². The topological polar surface area (TPSA) is 53.0 Å². The predicted molar refractivity (Wildman–Crippen MR) is 48.4 cm³/mol. The zero-order chi connectivity index (χ0) is 8.97. The van der Waals surface area contributed by atoms with E-state index in [0.29, 0.717) is 18.4 Å². The quantitative estimate of drug-likeness (QED) is 0.668. The summed E-state index contributed by atoms with van der Waals surface area (Å²) in [4.78, 5) is 2.33. The number of nitrogens with two attached hydrogens (primary N) is 1. The van der Waals surface area contributed by atoms with Crippen molar-refractivity contribution in [3.63, 3.8) is 0 Å². The Kier molecular flexibility index (Phi) is 3.51. The van der Waals surface area contributed by atoms with Gasteiger partial charge in [-0.25, -0.2) is 0 Å². The van der Waals surface area contributed by atoms with Gasteiger partial charge in [0.25, 0.3) is 0 Å². The first-order valence-electron chi connectivity index (χ1n) is 4.59. The van der Waals surface area contributed by atoms with Gasteiger partial charge in [-0.1, -0.05) is 0 Å². The fourth-order valence-corrected chi connectivity index (χ4v) is 1.70. The number of nitriles is 1. The molecule has 3 nitrogen and oxygen atoms in total. The Balaban J connectivity index is 2.22. The molecular formula is C9H17N3. The summed E-state index contributed by atoms with van der Waals surface area (Å²) in [6.45, 7) is 5.19. The molecule has 0 saturated carbocycles. The normalized spacial score (nSPS) is 26.9. The first-order valence-corrected chi connectivity index (χ1v) is 4.59. The van der Waals surface area contributed by atoms with E-state index in [1.165, 1.54) is 6.42 Å². The second kappa shape index (κ2) is 4.44. The summed E-state index contributed by atoms with van der Waals surface area (Å²) in [5.74, 6) is 0.642. The number of rotatable bonds is 3. The van der Waals surface area contributed by atoms with Crippen LogP contribution in [0.2, 0.25) is 0 Å². The van der Waals surface area contributed by atoms with Crippen LogP contribution in [0.3, 0.4) is 0 Å². The summed E-state index contributed by atoms with van der Waals surface area (Å²) in [7, 11) is 0. The first-order chi connectivity index (χ1) is 5.74. The SMILES string of the molecule is CC(N)C1CCN(CCC#N)C1. The molecule has 3 heteroatoms. The maximum atomic E-state index is 8.40. The Morgan fingerprint density at radius 3 is 3.00 bits per heavy atom. The van der Waals surface area contributed by atoms with Gasteiger partial charge in [-0.3, -0.25) is 0 Å². The molecule has 1 heterocycles. The Hall–Kier alpha value is -0.590. The van der Waals surface area contributed by atoms with Gasteiger partial charge in [-0.2, -0.15) is 5.26 Å². The minimum Gasteiger partial charge on any atom is -0.328 e. The van der Waals surface area contributed by atoms with Crippen molar-refractivity contribution in [1.29, 1.82) is 5.26 Å². The summed E-state index contributed by atoms with van der Waals surface area (Å²) < 4.78 is 0. The molecule has 0 aromatic rings. The van der Waals surface area contributed by atoms with Crippen LogP contribution >= 0.6 is 0 Å². The van der Waals surface area contributed by atoms with E-state index in [0.717, 1.165) is 19.6 Å². The monoisotopic (exact) mass is 167 g/mol. The van der Waals surface area contributed by atoms with E-state index in [1.54, 1.807) is 0 Å². The highest BCUT2D eigenvalue weighted by Gasteiger charge is 2.24. The average Bonchev–Trinajstić information content (AvgIpc) is 2.48. The van der Waals surface area contributed by atoms with E-state index in [2.05, 4.69) is 17.9 Å².